The molecular formula is C16H18IN3O2. The van der Waals surface area contributed by atoms with E-state index in [0.717, 1.165) is 24.3 Å². The number of ether oxygens (including phenoxy) is 1. The number of carbonyl (C=O) groups is 1. The van der Waals surface area contributed by atoms with Gasteiger partial charge in [-0.1, -0.05) is 12.1 Å². The topological polar surface area (TPSA) is 68.5 Å². The van der Waals surface area contributed by atoms with Gasteiger partial charge in [0.2, 0.25) is 0 Å². The van der Waals surface area contributed by atoms with Gasteiger partial charge in [0.05, 0.1) is 23.7 Å². The van der Waals surface area contributed by atoms with E-state index < -0.39 is 5.91 Å². The van der Waals surface area contributed by atoms with Crippen LogP contribution in [0.5, 0.6) is 0 Å². The van der Waals surface area contributed by atoms with Gasteiger partial charge in [-0.3, -0.25) is 4.79 Å². The zero-order chi connectivity index (χ0) is 15.9. The quantitative estimate of drug-likeness (QED) is 0.610. The Bertz CT molecular complexity index is 732. The Labute approximate surface area is 143 Å². The summed E-state index contributed by atoms with van der Waals surface area (Å²) in [5.74, 6) is 0.392. The molecule has 1 amide bonds. The summed E-state index contributed by atoms with van der Waals surface area (Å²) in [7, 11) is 0. The maximum Gasteiger partial charge on any atom is 0.250 e. The van der Waals surface area contributed by atoms with Crippen molar-refractivity contribution in [3.05, 3.63) is 35.9 Å². The highest BCUT2D eigenvalue weighted by atomic mass is 127. The van der Waals surface area contributed by atoms with E-state index in [-0.39, 0.29) is 9.71 Å². The number of primary amides is 1. The lowest BCUT2D eigenvalue weighted by molar-refractivity contribution is -0.0169. The van der Waals surface area contributed by atoms with Gasteiger partial charge in [-0.25, -0.2) is 4.98 Å². The van der Waals surface area contributed by atoms with Gasteiger partial charge in [0.1, 0.15) is 9.43 Å². The number of nitrogens with two attached hydrogens (primary N) is 1. The Balaban J connectivity index is 2.04. The van der Waals surface area contributed by atoms with Crippen molar-refractivity contribution >= 4 is 45.2 Å². The molecule has 0 aliphatic carbocycles. The van der Waals surface area contributed by atoms with Gasteiger partial charge in [0, 0.05) is 11.9 Å². The Morgan fingerprint density at radius 3 is 2.91 bits per heavy atom. The van der Waals surface area contributed by atoms with Gasteiger partial charge in [0.25, 0.3) is 5.91 Å². The molecule has 1 aromatic heterocycles. The number of hydrogen-bond donors (Lipinski definition) is 1. The highest BCUT2D eigenvalue weighted by molar-refractivity contribution is 14.1. The number of carbonyl (C=O) groups excluding carboxylic acids is 1. The Morgan fingerprint density at radius 1 is 1.45 bits per heavy atom. The summed E-state index contributed by atoms with van der Waals surface area (Å²) in [5.41, 5.74) is 6.57. The van der Waals surface area contributed by atoms with Crippen LogP contribution in [0.4, 0.5) is 5.82 Å². The van der Waals surface area contributed by atoms with Gasteiger partial charge < -0.3 is 15.4 Å². The van der Waals surface area contributed by atoms with Crippen molar-refractivity contribution in [3.63, 3.8) is 0 Å². The molecule has 5 nitrogen and oxygen atoms in total. The average molecular weight is 411 g/mol. The zero-order valence-corrected chi connectivity index (χ0v) is 14.7. The first kappa shape index (κ1) is 15.5. The second-order valence-corrected chi connectivity index (χ2v) is 8.10. The molecule has 1 aliphatic heterocycles. The summed E-state index contributed by atoms with van der Waals surface area (Å²) in [5, 5.41) is 0.915. The SMILES string of the molecule is CC1CN(c2ccc3cccc(C(N)=O)c3n2)CC(C)(I)O1. The predicted molar refractivity (Wildman–Crippen MR) is 95.4 cm³/mol. The molecule has 0 bridgehead atoms. The van der Waals surface area contributed by atoms with Crippen molar-refractivity contribution in [2.45, 2.75) is 23.6 Å². The van der Waals surface area contributed by atoms with Crippen LogP contribution in [0.15, 0.2) is 30.3 Å². The molecular weight excluding hydrogens is 393 g/mol. The highest BCUT2D eigenvalue weighted by Gasteiger charge is 2.33. The van der Waals surface area contributed by atoms with Crippen LogP contribution in [0.3, 0.4) is 0 Å². The molecule has 2 N–H and O–H groups in total. The van der Waals surface area contributed by atoms with Gasteiger partial charge in [-0.2, -0.15) is 0 Å². The first-order valence-corrected chi connectivity index (χ1v) is 8.25. The lowest BCUT2D eigenvalue weighted by Gasteiger charge is -2.41. The van der Waals surface area contributed by atoms with Gasteiger partial charge in [-0.05, 0) is 54.6 Å². The van der Waals surface area contributed by atoms with Crippen molar-refractivity contribution < 1.29 is 9.53 Å². The van der Waals surface area contributed by atoms with E-state index in [1.807, 2.05) is 24.3 Å². The smallest absolute Gasteiger partial charge is 0.250 e. The second-order valence-electron chi connectivity index (χ2n) is 5.82. The number of rotatable bonds is 2. The zero-order valence-electron chi connectivity index (χ0n) is 12.5. The van der Waals surface area contributed by atoms with E-state index in [2.05, 4.69) is 46.3 Å². The fraction of sp³-hybridized carbons (Fsp3) is 0.375. The number of aromatic nitrogens is 1. The summed E-state index contributed by atoms with van der Waals surface area (Å²) >= 11 is 2.32. The van der Waals surface area contributed by atoms with Gasteiger partial charge in [0.15, 0.2) is 0 Å². The minimum absolute atomic E-state index is 0.125. The molecule has 22 heavy (non-hydrogen) atoms. The number of fused-ring (bicyclic) bond motifs is 1. The van der Waals surface area contributed by atoms with E-state index >= 15 is 0 Å². The first-order valence-electron chi connectivity index (χ1n) is 7.17. The molecule has 1 aliphatic rings. The number of anilines is 1. The lowest BCUT2D eigenvalue weighted by atomic mass is 10.1. The number of benzene rings is 1. The molecule has 1 aromatic carbocycles. The fourth-order valence-corrected chi connectivity index (χ4v) is 3.74. The van der Waals surface area contributed by atoms with Crippen LogP contribution in [0.1, 0.15) is 24.2 Å². The van der Waals surface area contributed by atoms with E-state index in [1.165, 1.54) is 0 Å². The van der Waals surface area contributed by atoms with E-state index in [1.54, 1.807) is 6.07 Å². The Kier molecular flexibility index (Phi) is 3.98. The molecule has 2 aromatic rings. The van der Waals surface area contributed by atoms with Crippen LogP contribution >= 0.6 is 22.6 Å². The van der Waals surface area contributed by atoms with Crippen LogP contribution in [-0.2, 0) is 4.74 Å². The summed E-state index contributed by atoms with van der Waals surface area (Å²) in [6.45, 7) is 5.63. The minimum Gasteiger partial charge on any atom is -0.366 e. The second kappa shape index (κ2) is 5.66. The average Bonchev–Trinajstić information content (AvgIpc) is 2.43. The van der Waals surface area contributed by atoms with Crippen molar-refractivity contribution in [1.82, 2.24) is 4.98 Å². The molecule has 3 rings (SSSR count). The van der Waals surface area contributed by atoms with Crippen molar-refractivity contribution in [3.8, 4) is 0 Å². The molecule has 1 saturated heterocycles. The molecule has 0 saturated carbocycles. The Hall–Kier alpha value is -1.41. The van der Waals surface area contributed by atoms with Crippen LogP contribution < -0.4 is 10.6 Å². The summed E-state index contributed by atoms with van der Waals surface area (Å²) in [6.07, 6.45) is 0.125. The molecule has 6 heteroatoms. The normalized spacial score (nSPS) is 25.4. The number of halogens is 1. The van der Waals surface area contributed by atoms with E-state index in [0.29, 0.717) is 11.1 Å². The summed E-state index contributed by atoms with van der Waals surface area (Å²) in [4.78, 5) is 18.5. The molecule has 2 heterocycles. The third-order valence-electron chi connectivity index (χ3n) is 3.69. The first-order chi connectivity index (χ1) is 10.4. The summed E-state index contributed by atoms with van der Waals surface area (Å²) in [6, 6.07) is 9.43. The third kappa shape index (κ3) is 3.03. The number of hydrogen-bond acceptors (Lipinski definition) is 4. The standard InChI is InChI=1S/C16H18IN3O2/c1-10-8-20(9-16(2,17)22-10)13-7-6-11-4-3-5-12(15(18)21)14(11)19-13/h3-7,10H,8-9H2,1-2H3,(H2,18,21). The molecule has 0 spiro atoms. The number of nitrogens with zero attached hydrogens (tertiary/aromatic N) is 2. The molecule has 116 valence electrons. The number of alkyl halides is 1. The Morgan fingerprint density at radius 2 is 2.23 bits per heavy atom. The van der Waals surface area contributed by atoms with Gasteiger partial charge in [-0.15, -0.1) is 0 Å². The number of para-hydroxylation sites is 1. The molecule has 2 atom stereocenters. The number of morpholine rings is 1. The highest BCUT2D eigenvalue weighted by Crippen LogP contribution is 2.31. The maximum atomic E-state index is 11.6. The van der Waals surface area contributed by atoms with Crippen LogP contribution in [0.2, 0.25) is 0 Å². The third-order valence-corrected chi connectivity index (χ3v) is 4.29. The molecule has 1 fully saturated rings. The van der Waals surface area contributed by atoms with Crippen molar-refractivity contribution in [2.24, 2.45) is 5.73 Å². The number of amides is 1. The van der Waals surface area contributed by atoms with Crippen LogP contribution in [-0.4, -0.2) is 33.7 Å². The maximum absolute atomic E-state index is 11.6. The van der Waals surface area contributed by atoms with Crippen LogP contribution in [0.25, 0.3) is 10.9 Å². The molecule has 0 radical (unpaired) electrons. The lowest BCUT2D eigenvalue weighted by Crippen LogP contribution is -2.50. The number of pyridine rings is 1. The van der Waals surface area contributed by atoms with Crippen LogP contribution in [0, 0.1) is 0 Å². The fourth-order valence-electron chi connectivity index (χ4n) is 2.90. The van der Waals surface area contributed by atoms with E-state index in [4.69, 9.17) is 10.5 Å². The van der Waals surface area contributed by atoms with E-state index in [9.17, 15) is 4.79 Å². The summed E-state index contributed by atoms with van der Waals surface area (Å²) < 4.78 is 5.66. The van der Waals surface area contributed by atoms with Crippen molar-refractivity contribution in [1.29, 1.82) is 0 Å². The van der Waals surface area contributed by atoms with Crippen molar-refractivity contribution in [2.75, 3.05) is 18.0 Å². The molecule has 2 unspecified atom stereocenters. The van der Waals surface area contributed by atoms with Gasteiger partial charge >= 0.3 is 0 Å². The largest absolute Gasteiger partial charge is 0.366 e. The monoisotopic (exact) mass is 411 g/mol. The minimum atomic E-state index is -0.454. The predicted octanol–water partition coefficient (Wildman–Crippen LogP) is 2.71.